The minimum absolute atomic E-state index is 0.360. The molecule has 2 unspecified atom stereocenters. The van der Waals surface area contributed by atoms with E-state index in [9.17, 15) is 27.9 Å². The van der Waals surface area contributed by atoms with Gasteiger partial charge in [0, 0.05) is 11.1 Å². The molecule has 2 N–H and O–H groups in total. The summed E-state index contributed by atoms with van der Waals surface area (Å²) < 4.78 is 40.9. The number of hydrogen-bond acceptors (Lipinski definition) is 4. The highest BCUT2D eigenvalue weighted by atomic mass is 79.9. The molecule has 2 atom stereocenters. The lowest BCUT2D eigenvalue weighted by molar-refractivity contribution is -0.274. The first-order chi connectivity index (χ1) is 9.54. The van der Waals surface area contributed by atoms with Gasteiger partial charge in [-0.15, -0.1) is 13.2 Å². The number of aliphatic hydroxyl groups is 1. The Morgan fingerprint density at radius 2 is 1.90 bits per heavy atom. The van der Waals surface area contributed by atoms with Crippen LogP contribution in [0.3, 0.4) is 0 Å². The maximum atomic E-state index is 12.4. The molecular weight excluding hydrogens is 361 g/mol. The van der Waals surface area contributed by atoms with Crippen molar-refractivity contribution in [2.24, 2.45) is 0 Å². The molecule has 5 nitrogen and oxygen atoms in total. The third kappa shape index (κ3) is 4.43. The molecule has 1 aromatic carbocycles. The van der Waals surface area contributed by atoms with E-state index in [1.165, 1.54) is 0 Å². The number of ether oxygens (including phenoxy) is 1. The fraction of sp³-hybridized carbons (Fsp3) is 0.333. The van der Waals surface area contributed by atoms with E-state index in [4.69, 9.17) is 5.11 Å². The van der Waals surface area contributed by atoms with Gasteiger partial charge in [0.2, 0.25) is 0 Å². The van der Waals surface area contributed by atoms with Crippen molar-refractivity contribution in [2.75, 3.05) is 0 Å². The molecule has 1 aromatic rings. The summed E-state index contributed by atoms with van der Waals surface area (Å²) in [5, 5.41) is 18.4. The fourth-order valence-corrected chi connectivity index (χ4v) is 2.11. The monoisotopic (exact) mass is 370 g/mol. The van der Waals surface area contributed by atoms with E-state index in [2.05, 4.69) is 20.7 Å². The summed E-state index contributed by atoms with van der Waals surface area (Å²) in [5.74, 6) is -2.99. The summed E-state index contributed by atoms with van der Waals surface area (Å²) in [6, 6.07) is 3.12. The number of hydrogen-bond donors (Lipinski definition) is 2. The average molecular weight is 371 g/mol. The van der Waals surface area contributed by atoms with Crippen molar-refractivity contribution in [1.82, 2.24) is 0 Å². The number of halogens is 4. The Labute approximate surface area is 125 Å². The van der Waals surface area contributed by atoms with E-state index in [0.717, 1.165) is 25.1 Å². The number of carbonyl (C=O) groups is 2. The number of carboxylic acid groups (broad SMARTS) is 1. The molecule has 0 heterocycles. The lowest BCUT2D eigenvalue weighted by atomic mass is 9.97. The van der Waals surface area contributed by atoms with Crippen LogP contribution in [0.4, 0.5) is 13.2 Å². The largest absolute Gasteiger partial charge is 0.573 e. The standard InChI is InChI=1S/C12H10BrF3O5/c1-5(17)9(13)8-6(10(18)11(19)20)3-2-4-7(8)21-12(14,15)16/h2-4,9-10,18H,1H3,(H,19,20). The predicted octanol–water partition coefficient (Wildman–Crippen LogP) is 2.73. The van der Waals surface area contributed by atoms with Gasteiger partial charge in [-0.1, -0.05) is 28.1 Å². The fourth-order valence-electron chi connectivity index (χ4n) is 1.62. The number of aliphatic hydroxyl groups excluding tert-OH is 1. The van der Waals surface area contributed by atoms with E-state index < -0.39 is 34.8 Å². The Bertz CT molecular complexity index is 558. The number of aliphatic carboxylic acids is 1. The third-order valence-corrected chi connectivity index (χ3v) is 3.57. The predicted molar refractivity (Wildman–Crippen MR) is 68.1 cm³/mol. The second-order valence-electron chi connectivity index (χ2n) is 4.02. The van der Waals surface area contributed by atoms with Gasteiger partial charge in [0.05, 0.1) is 0 Å². The van der Waals surface area contributed by atoms with Gasteiger partial charge in [0.25, 0.3) is 0 Å². The van der Waals surface area contributed by atoms with Gasteiger partial charge in [-0.2, -0.15) is 0 Å². The molecule has 0 saturated carbocycles. The number of ketones is 1. The second kappa shape index (κ2) is 6.44. The molecule has 0 spiro atoms. The zero-order valence-corrected chi connectivity index (χ0v) is 12.1. The van der Waals surface area contributed by atoms with Gasteiger partial charge in [-0.3, -0.25) is 4.79 Å². The molecule has 0 saturated heterocycles. The minimum atomic E-state index is -5.02. The molecule has 0 amide bonds. The highest BCUT2D eigenvalue weighted by Crippen LogP contribution is 2.39. The van der Waals surface area contributed by atoms with Crippen LogP contribution in [0.1, 0.15) is 29.0 Å². The maximum Gasteiger partial charge on any atom is 0.573 e. The van der Waals surface area contributed by atoms with Crippen LogP contribution in [0, 0.1) is 0 Å². The van der Waals surface area contributed by atoms with Crippen molar-refractivity contribution in [3.8, 4) is 5.75 Å². The van der Waals surface area contributed by atoms with Crippen LogP contribution in [0.5, 0.6) is 5.75 Å². The number of alkyl halides is 4. The number of carboxylic acids is 1. The number of rotatable bonds is 5. The van der Waals surface area contributed by atoms with Crippen LogP contribution >= 0.6 is 15.9 Å². The average Bonchev–Trinajstić information content (AvgIpc) is 2.34. The zero-order valence-electron chi connectivity index (χ0n) is 10.5. The molecule has 0 radical (unpaired) electrons. The number of benzene rings is 1. The lowest BCUT2D eigenvalue weighted by Crippen LogP contribution is -2.21. The first kappa shape index (κ1) is 17.4. The van der Waals surface area contributed by atoms with Gasteiger partial charge in [-0.05, 0) is 13.0 Å². The van der Waals surface area contributed by atoms with Crippen LogP contribution < -0.4 is 4.74 Å². The van der Waals surface area contributed by atoms with Gasteiger partial charge in [-0.25, -0.2) is 4.79 Å². The van der Waals surface area contributed by atoms with Crippen LogP contribution in [-0.2, 0) is 9.59 Å². The summed E-state index contributed by atoms with van der Waals surface area (Å²) in [4.78, 5) is 21.0. The van der Waals surface area contributed by atoms with Crippen molar-refractivity contribution in [1.29, 1.82) is 0 Å². The summed E-state index contributed by atoms with van der Waals surface area (Å²) in [6.45, 7) is 1.10. The molecule has 0 fully saturated rings. The first-order valence-corrected chi connectivity index (χ1v) is 6.40. The van der Waals surface area contributed by atoms with Crippen molar-refractivity contribution in [3.63, 3.8) is 0 Å². The van der Waals surface area contributed by atoms with E-state index in [0.29, 0.717) is 0 Å². The summed E-state index contributed by atoms with van der Waals surface area (Å²) >= 11 is 2.88. The van der Waals surface area contributed by atoms with Crippen molar-refractivity contribution in [3.05, 3.63) is 29.3 Å². The van der Waals surface area contributed by atoms with Crippen LogP contribution in [0.15, 0.2) is 18.2 Å². The van der Waals surface area contributed by atoms with Crippen LogP contribution in [0.25, 0.3) is 0 Å². The molecule has 0 aliphatic rings. The Kier molecular flexibility index (Phi) is 5.35. The molecule has 0 aliphatic heterocycles. The van der Waals surface area contributed by atoms with Crippen LogP contribution in [0.2, 0.25) is 0 Å². The van der Waals surface area contributed by atoms with Crippen molar-refractivity contribution >= 4 is 27.7 Å². The smallest absolute Gasteiger partial charge is 0.479 e. The zero-order chi connectivity index (χ0) is 16.4. The van der Waals surface area contributed by atoms with E-state index in [1.807, 2.05) is 0 Å². The lowest BCUT2D eigenvalue weighted by Gasteiger charge is -2.20. The Morgan fingerprint density at radius 3 is 2.33 bits per heavy atom. The molecule has 0 bridgehead atoms. The third-order valence-electron chi connectivity index (χ3n) is 2.46. The normalized spacial score (nSPS) is 14.4. The topological polar surface area (TPSA) is 83.8 Å². The Hall–Kier alpha value is -1.61. The molecular formula is C12H10BrF3O5. The van der Waals surface area contributed by atoms with Crippen LogP contribution in [-0.4, -0.2) is 28.3 Å². The first-order valence-electron chi connectivity index (χ1n) is 5.48. The summed E-state index contributed by atoms with van der Waals surface area (Å²) in [5.41, 5.74) is -0.737. The quantitative estimate of drug-likeness (QED) is 0.778. The molecule has 1 rings (SSSR count). The van der Waals surface area contributed by atoms with E-state index in [1.54, 1.807) is 0 Å². The molecule has 9 heteroatoms. The van der Waals surface area contributed by atoms with E-state index in [-0.39, 0.29) is 11.1 Å². The van der Waals surface area contributed by atoms with Gasteiger partial charge in [0.15, 0.2) is 6.10 Å². The minimum Gasteiger partial charge on any atom is -0.479 e. The van der Waals surface area contributed by atoms with Gasteiger partial charge in [0.1, 0.15) is 16.4 Å². The van der Waals surface area contributed by atoms with Crippen molar-refractivity contribution in [2.45, 2.75) is 24.2 Å². The number of carbonyl (C=O) groups excluding carboxylic acids is 1. The SMILES string of the molecule is CC(=O)C(Br)c1c(OC(F)(F)F)cccc1C(O)C(=O)O. The second-order valence-corrected chi connectivity index (χ2v) is 4.94. The molecule has 21 heavy (non-hydrogen) atoms. The van der Waals surface area contributed by atoms with Gasteiger partial charge >= 0.3 is 12.3 Å². The Morgan fingerprint density at radius 1 is 1.33 bits per heavy atom. The summed E-state index contributed by atoms with van der Waals surface area (Å²) in [7, 11) is 0. The van der Waals surface area contributed by atoms with Crippen molar-refractivity contribution < 1.29 is 37.7 Å². The summed E-state index contributed by atoms with van der Waals surface area (Å²) in [6.07, 6.45) is -7.11. The molecule has 116 valence electrons. The highest BCUT2D eigenvalue weighted by Gasteiger charge is 2.35. The number of Topliss-reactive ketones (excluding diaryl/α,β-unsaturated/α-hetero) is 1. The van der Waals surface area contributed by atoms with Gasteiger partial charge < -0.3 is 14.9 Å². The molecule has 0 aromatic heterocycles. The Balaban J connectivity index is 3.48. The molecule has 0 aliphatic carbocycles. The van der Waals surface area contributed by atoms with E-state index >= 15 is 0 Å². The highest BCUT2D eigenvalue weighted by molar-refractivity contribution is 9.09. The maximum absolute atomic E-state index is 12.4.